The van der Waals surface area contributed by atoms with Crippen LogP contribution in [0, 0.1) is 11.3 Å². The molecule has 4 heterocycles. The molecule has 2 saturated heterocycles. The molecule has 1 amide bonds. The number of carbonyl (C=O) groups excluding carboxylic acids is 1. The van der Waals surface area contributed by atoms with Crippen molar-refractivity contribution in [2.24, 2.45) is 0 Å². The Bertz CT molecular complexity index is 1160. The monoisotopic (exact) mass is 506 g/mol. The van der Waals surface area contributed by atoms with Crippen LogP contribution in [0.15, 0.2) is 18.5 Å². The van der Waals surface area contributed by atoms with E-state index in [1.807, 2.05) is 20.8 Å². The first kappa shape index (κ1) is 25.8. The van der Waals surface area contributed by atoms with E-state index in [1.165, 1.54) is 11.1 Å². The molecular formula is C24H29F3N6O3. The fourth-order valence-electron chi connectivity index (χ4n) is 4.44. The molecule has 0 bridgehead atoms. The van der Waals surface area contributed by atoms with Crippen molar-refractivity contribution in [3.8, 4) is 17.3 Å². The molecule has 9 nitrogen and oxygen atoms in total. The van der Waals surface area contributed by atoms with Gasteiger partial charge in [-0.3, -0.25) is 4.68 Å². The summed E-state index contributed by atoms with van der Waals surface area (Å²) in [5, 5.41) is 23.4. The van der Waals surface area contributed by atoms with Crippen LogP contribution in [-0.2, 0) is 10.9 Å². The first-order chi connectivity index (χ1) is 16.9. The fraction of sp³-hybridized carbons (Fsp3) is 0.583. The highest BCUT2D eigenvalue weighted by Gasteiger charge is 2.39. The molecule has 2 aliphatic rings. The number of anilines is 1. The summed E-state index contributed by atoms with van der Waals surface area (Å²) in [4.78, 5) is 19.9. The molecule has 194 valence electrons. The zero-order valence-electron chi connectivity index (χ0n) is 20.4. The van der Waals surface area contributed by atoms with Crippen LogP contribution in [-0.4, -0.2) is 68.7 Å². The molecule has 12 heteroatoms. The van der Waals surface area contributed by atoms with Crippen molar-refractivity contribution in [1.82, 2.24) is 19.7 Å². The minimum Gasteiger partial charge on any atom is -0.444 e. The Morgan fingerprint density at radius 3 is 2.44 bits per heavy atom. The summed E-state index contributed by atoms with van der Waals surface area (Å²) in [5.41, 5.74) is -1.75. The van der Waals surface area contributed by atoms with E-state index in [-0.39, 0.29) is 36.3 Å². The summed E-state index contributed by atoms with van der Waals surface area (Å²) in [5.74, 6) is -0.0777. The molecule has 0 unspecified atom stereocenters. The molecule has 0 aliphatic carbocycles. The van der Waals surface area contributed by atoms with Crippen LogP contribution < -0.4 is 4.90 Å². The number of hydrogen-bond acceptors (Lipinski definition) is 7. The second-order valence-electron chi connectivity index (χ2n) is 10.1. The van der Waals surface area contributed by atoms with E-state index < -0.39 is 22.9 Å². The molecule has 0 spiro atoms. The molecule has 1 atom stereocenters. The number of likely N-dealkylation sites (tertiary alicyclic amines) is 1. The van der Waals surface area contributed by atoms with Gasteiger partial charge in [0.05, 0.1) is 36.1 Å². The Balaban J connectivity index is 1.57. The maximum atomic E-state index is 13.9. The van der Waals surface area contributed by atoms with E-state index in [2.05, 4.69) is 10.1 Å². The smallest absolute Gasteiger partial charge is 0.417 e. The lowest BCUT2D eigenvalue weighted by Crippen LogP contribution is -2.51. The number of aliphatic hydroxyl groups excluding tert-OH is 1. The van der Waals surface area contributed by atoms with Crippen molar-refractivity contribution in [2.75, 3.05) is 31.1 Å². The SMILES string of the molecule is CC(C)(C)OC(=O)N1CCC(n2cc(-c3cc(C(F)(F)F)c(C#N)c(N4CC[C@@H]4CO)n3)cn2)CC1. The van der Waals surface area contributed by atoms with Crippen molar-refractivity contribution in [1.29, 1.82) is 5.26 Å². The normalized spacial score (nSPS) is 19.1. The van der Waals surface area contributed by atoms with Crippen molar-refractivity contribution in [3.63, 3.8) is 0 Å². The van der Waals surface area contributed by atoms with Crippen molar-refractivity contribution < 1.29 is 27.8 Å². The van der Waals surface area contributed by atoms with E-state index in [4.69, 9.17) is 4.74 Å². The third-order valence-corrected chi connectivity index (χ3v) is 6.43. The molecule has 1 N–H and O–H groups in total. The Hall–Kier alpha value is -3.33. The van der Waals surface area contributed by atoms with Gasteiger partial charge in [-0.2, -0.15) is 23.5 Å². The van der Waals surface area contributed by atoms with Gasteiger partial charge in [0.2, 0.25) is 0 Å². The largest absolute Gasteiger partial charge is 0.444 e. The van der Waals surface area contributed by atoms with Gasteiger partial charge in [0.15, 0.2) is 0 Å². The van der Waals surface area contributed by atoms with Crippen LogP contribution >= 0.6 is 0 Å². The van der Waals surface area contributed by atoms with Gasteiger partial charge >= 0.3 is 12.3 Å². The van der Waals surface area contributed by atoms with Crippen LogP contribution in [0.3, 0.4) is 0 Å². The summed E-state index contributed by atoms with van der Waals surface area (Å²) >= 11 is 0. The quantitative estimate of drug-likeness (QED) is 0.668. The number of nitriles is 1. The number of carbonyl (C=O) groups is 1. The van der Waals surface area contributed by atoms with Crippen molar-refractivity contribution in [2.45, 2.75) is 63.9 Å². The lowest BCUT2D eigenvalue weighted by Gasteiger charge is -2.41. The number of rotatable bonds is 4. The average Bonchev–Trinajstić information content (AvgIpc) is 3.27. The first-order valence-electron chi connectivity index (χ1n) is 11.8. The highest BCUT2D eigenvalue weighted by Crippen LogP contribution is 2.40. The number of piperidine rings is 1. The van der Waals surface area contributed by atoms with Gasteiger partial charge in [0.1, 0.15) is 23.1 Å². The Morgan fingerprint density at radius 2 is 1.92 bits per heavy atom. The summed E-state index contributed by atoms with van der Waals surface area (Å²) in [6.07, 6.45) is -0.179. The minimum absolute atomic E-state index is 0.0356. The first-order valence-corrected chi connectivity index (χ1v) is 11.8. The minimum atomic E-state index is -4.75. The predicted molar refractivity (Wildman–Crippen MR) is 124 cm³/mol. The zero-order valence-corrected chi connectivity index (χ0v) is 20.4. The van der Waals surface area contributed by atoms with Gasteiger partial charge < -0.3 is 19.6 Å². The number of aliphatic hydroxyl groups is 1. The number of nitrogens with zero attached hydrogens (tertiary/aromatic N) is 6. The third-order valence-electron chi connectivity index (χ3n) is 6.43. The summed E-state index contributed by atoms with van der Waals surface area (Å²) < 4.78 is 48.7. The van der Waals surface area contributed by atoms with E-state index in [0.717, 1.165) is 6.07 Å². The molecule has 0 radical (unpaired) electrons. The van der Waals surface area contributed by atoms with Gasteiger partial charge in [-0.25, -0.2) is 9.78 Å². The van der Waals surface area contributed by atoms with Gasteiger partial charge in [0, 0.05) is 31.4 Å². The fourth-order valence-corrected chi connectivity index (χ4v) is 4.44. The highest BCUT2D eigenvalue weighted by atomic mass is 19.4. The standard InChI is InChI=1S/C24H29F3N6O3/c1-23(2,3)36-22(35)31-7-4-16(5-8-31)33-13-15(12-29-33)20-10-19(24(25,26)27)18(11-28)21(30-20)32-9-6-17(32)14-34/h10,12-13,16-17,34H,4-9,14H2,1-3H3/t17-/m1/s1. The van der Waals surface area contributed by atoms with Crippen molar-refractivity contribution in [3.05, 3.63) is 29.6 Å². The molecular weight excluding hydrogens is 477 g/mol. The molecule has 4 rings (SSSR count). The number of amides is 1. The summed E-state index contributed by atoms with van der Waals surface area (Å²) in [7, 11) is 0. The van der Waals surface area contributed by atoms with E-state index in [9.17, 15) is 28.3 Å². The number of alkyl halides is 3. The van der Waals surface area contributed by atoms with Gasteiger partial charge in [-0.05, 0) is 46.1 Å². The van der Waals surface area contributed by atoms with Gasteiger partial charge in [-0.1, -0.05) is 0 Å². The number of hydrogen-bond donors (Lipinski definition) is 1. The number of aromatic nitrogens is 3. The van der Waals surface area contributed by atoms with Crippen LogP contribution in [0.25, 0.3) is 11.3 Å². The molecule has 2 aromatic rings. The maximum Gasteiger partial charge on any atom is 0.417 e. The Kier molecular flexibility index (Phi) is 6.88. The van der Waals surface area contributed by atoms with Crippen LogP contribution in [0.5, 0.6) is 0 Å². The average molecular weight is 507 g/mol. The van der Waals surface area contributed by atoms with Crippen LogP contribution in [0.1, 0.15) is 57.2 Å². The van der Waals surface area contributed by atoms with E-state index >= 15 is 0 Å². The maximum absolute atomic E-state index is 13.9. The second kappa shape index (κ2) is 9.61. The molecule has 2 aromatic heterocycles. The molecule has 0 saturated carbocycles. The Labute approximate surface area is 207 Å². The lowest BCUT2D eigenvalue weighted by molar-refractivity contribution is -0.137. The van der Waals surface area contributed by atoms with Gasteiger partial charge in [-0.15, -0.1) is 0 Å². The van der Waals surface area contributed by atoms with Gasteiger partial charge in [0.25, 0.3) is 0 Å². The van der Waals surface area contributed by atoms with E-state index in [1.54, 1.807) is 21.8 Å². The van der Waals surface area contributed by atoms with Crippen LogP contribution in [0.2, 0.25) is 0 Å². The van der Waals surface area contributed by atoms with E-state index in [0.29, 0.717) is 44.5 Å². The van der Waals surface area contributed by atoms with Crippen molar-refractivity contribution >= 4 is 11.9 Å². The number of pyridine rings is 1. The number of halogens is 3. The van der Waals surface area contributed by atoms with Crippen LogP contribution in [0.4, 0.5) is 23.8 Å². The zero-order chi connectivity index (χ0) is 26.3. The summed E-state index contributed by atoms with van der Waals surface area (Å²) in [6, 6.07) is 2.12. The molecule has 0 aromatic carbocycles. The molecule has 2 aliphatic heterocycles. The lowest BCUT2D eigenvalue weighted by atomic mass is 10.00. The summed E-state index contributed by atoms with van der Waals surface area (Å²) in [6.45, 7) is 6.54. The Morgan fingerprint density at radius 1 is 1.22 bits per heavy atom. The molecule has 2 fully saturated rings. The molecule has 36 heavy (non-hydrogen) atoms. The predicted octanol–water partition coefficient (Wildman–Crippen LogP) is 3.98. The topological polar surface area (TPSA) is 108 Å². The number of ether oxygens (including phenoxy) is 1. The third kappa shape index (κ3) is 5.26. The highest BCUT2D eigenvalue weighted by molar-refractivity contribution is 5.69. The second-order valence-corrected chi connectivity index (χ2v) is 10.1.